The number of benzene rings is 2. The van der Waals surface area contributed by atoms with Crippen LogP contribution in [0.15, 0.2) is 58.9 Å². The van der Waals surface area contributed by atoms with Gasteiger partial charge in [-0.05, 0) is 30.2 Å². The predicted octanol–water partition coefficient (Wildman–Crippen LogP) is 4.16. The summed E-state index contributed by atoms with van der Waals surface area (Å²) in [6, 6.07) is 18.8. The molecule has 2 aromatic carbocycles. The molecule has 1 atom stereocenters. The summed E-state index contributed by atoms with van der Waals surface area (Å²) in [6.45, 7) is 6.21. The molecule has 1 fully saturated rings. The smallest absolute Gasteiger partial charge is 0.233 e. The predicted molar refractivity (Wildman–Crippen MR) is 134 cm³/mol. The van der Waals surface area contributed by atoms with Gasteiger partial charge in [-0.25, -0.2) is 0 Å². The molecule has 3 aromatic rings. The molecule has 1 amide bonds. The van der Waals surface area contributed by atoms with E-state index in [1.807, 2.05) is 35.2 Å². The topological polar surface area (TPSA) is 70.6 Å². The van der Waals surface area contributed by atoms with E-state index >= 15 is 0 Å². The van der Waals surface area contributed by atoms with Crippen molar-refractivity contribution < 1.29 is 9.53 Å². The zero-order valence-corrected chi connectivity index (χ0v) is 20.6. The standard InChI is InChI=1S/C24H29N5O2S2/c1-18(20-6-4-3-5-7-20)28-12-14-29(15-13-28)22(30)17-32-24-27-26-23(33-24)25-16-19-8-10-21(31-2)11-9-19/h3-11,18H,12-17H2,1-2H3,(H,25,26). The van der Waals surface area contributed by atoms with Crippen LogP contribution in [0.4, 0.5) is 5.13 Å². The highest BCUT2D eigenvalue weighted by atomic mass is 32.2. The third-order valence-electron chi connectivity index (χ3n) is 5.83. The Morgan fingerprint density at radius 1 is 1.09 bits per heavy atom. The van der Waals surface area contributed by atoms with Gasteiger partial charge in [0.05, 0.1) is 12.9 Å². The summed E-state index contributed by atoms with van der Waals surface area (Å²) in [5.74, 6) is 1.39. The molecule has 2 heterocycles. The number of amides is 1. The Bertz CT molecular complexity index is 1020. The van der Waals surface area contributed by atoms with Crippen LogP contribution in [0.2, 0.25) is 0 Å². The lowest BCUT2D eigenvalue weighted by Crippen LogP contribution is -2.49. The number of nitrogens with one attached hydrogen (secondary N) is 1. The maximum atomic E-state index is 12.7. The number of thioether (sulfide) groups is 1. The quantitative estimate of drug-likeness (QED) is 0.458. The number of hydrogen-bond donors (Lipinski definition) is 1. The Kier molecular flexibility index (Phi) is 8.20. The van der Waals surface area contributed by atoms with Crippen LogP contribution in [0.1, 0.15) is 24.1 Å². The van der Waals surface area contributed by atoms with Gasteiger partial charge in [0.1, 0.15) is 5.75 Å². The van der Waals surface area contributed by atoms with Gasteiger partial charge in [0.15, 0.2) is 4.34 Å². The van der Waals surface area contributed by atoms with Crippen LogP contribution in [0.25, 0.3) is 0 Å². The van der Waals surface area contributed by atoms with Crippen LogP contribution in [0.3, 0.4) is 0 Å². The second-order valence-electron chi connectivity index (χ2n) is 7.87. The molecule has 1 aliphatic rings. The Hall–Kier alpha value is -2.62. The summed E-state index contributed by atoms with van der Waals surface area (Å²) in [4.78, 5) is 17.1. The van der Waals surface area contributed by atoms with E-state index < -0.39 is 0 Å². The van der Waals surface area contributed by atoms with Crippen molar-refractivity contribution in [1.29, 1.82) is 0 Å². The fraction of sp³-hybridized carbons (Fsp3) is 0.375. The molecular weight excluding hydrogens is 454 g/mol. The van der Waals surface area contributed by atoms with Gasteiger partial charge in [-0.1, -0.05) is 65.6 Å². The van der Waals surface area contributed by atoms with Gasteiger partial charge < -0.3 is 15.0 Å². The average Bonchev–Trinajstić information content (AvgIpc) is 3.34. The van der Waals surface area contributed by atoms with Gasteiger partial charge in [0.2, 0.25) is 11.0 Å². The van der Waals surface area contributed by atoms with E-state index in [2.05, 4.69) is 51.6 Å². The van der Waals surface area contributed by atoms with Gasteiger partial charge in [0, 0.05) is 38.8 Å². The summed E-state index contributed by atoms with van der Waals surface area (Å²) < 4.78 is 5.99. The number of hydrogen-bond acceptors (Lipinski definition) is 8. The van der Waals surface area contributed by atoms with E-state index in [0.29, 0.717) is 18.3 Å². The number of carbonyl (C=O) groups excluding carboxylic acids is 1. The van der Waals surface area contributed by atoms with Crippen molar-refractivity contribution in [3.05, 3.63) is 65.7 Å². The van der Waals surface area contributed by atoms with Crippen molar-refractivity contribution in [1.82, 2.24) is 20.0 Å². The molecular formula is C24H29N5O2S2. The normalized spacial score (nSPS) is 15.3. The van der Waals surface area contributed by atoms with Crippen molar-refractivity contribution in [2.24, 2.45) is 0 Å². The minimum absolute atomic E-state index is 0.162. The van der Waals surface area contributed by atoms with Crippen molar-refractivity contribution in [3.8, 4) is 5.75 Å². The van der Waals surface area contributed by atoms with Gasteiger partial charge in [-0.15, -0.1) is 10.2 Å². The number of anilines is 1. The first-order chi connectivity index (χ1) is 16.1. The van der Waals surface area contributed by atoms with Crippen LogP contribution in [-0.2, 0) is 11.3 Å². The average molecular weight is 484 g/mol. The fourth-order valence-electron chi connectivity index (χ4n) is 3.78. The summed E-state index contributed by atoms with van der Waals surface area (Å²) in [5.41, 5.74) is 2.46. The zero-order chi connectivity index (χ0) is 23.0. The van der Waals surface area contributed by atoms with Gasteiger partial charge in [-0.3, -0.25) is 9.69 Å². The van der Waals surface area contributed by atoms with Crippen molar-refractivity contribution in [3.63, 3.8) is 0 Å². The summed E-state index contributed by atoms with van der Waals surface area (Å²) in [5, 5.41) is 12.4. The molecule has 1 N–H and O–H groups in total. The first-order valence-electron chi connectivity index (χ1n) is 11.0. The molecule has 0 aliphatic carbocycles. The fourth-order valence-corrected chi connectivity index (χ4v) is 5.43. The first-order valence-corrected chi connectivity index (χ1v) is 12.8. The monoisotopic (exact) mass is 483 g/mol. The van der Waals surface area contributed by atoms with Crippen molar-refractivity contribution >= 4 is 34.1 Å². The first kappa shape index (κ1) is 23.5. The number of carbonyl (C=O) groups is 1. The van der Waals surface area contributed by atoms with Crippen LogP contribution in [0, 0.1) is 0 Å². The molecule has 1 aliphatic heterocycles. The number of rotatable bonds is 9. The van der Waals surface area contributed by atoms with Crippen molar-refractivity contribution in [2.75, 3.05) is 44.4 Å². The van der Waals surface area contributed by atoms with Crippen LogP contribution < -0.4 is 10.1 Å². The lowest BCUT2D eigenvalue weighted by molar-refractivity contribution is -0.130. The maximum absolute atomic E-state index is 12.7. The maximum Gasteiger partial charge on any atom is 0.233 e. The van der Waals surface area contributed by atoms with Crippen LogP contribution in [-0.4, -0.2) is 64.9 Å². The number of nitrogens with zero attached hydrogens (tertiary/aromatic N) is 4. The third-order valence-corrected chi connectivity index (χ3v) is 7.82. The Morgan fingerprint density at radius 3 is 2.52 bits per heavy atom. The minimum Gasteiger partial charge on any atom is -0.497 e. The highest BCUT2D eigenvalue weighted by Crippen LogP contribution is 2.27. The summed E-state index contributed by atoms with van der Waals surface area (Å²) >= 11 is 2.93. The second-order valence-corrected chi connectivity index (χ2v) is 10.1. The number of aromatic nitrogens is 2. The minimum atomic E-state index is 0.162. The van der Waals surface area contributed by atoms with E-state index in [0.717, 1.165) is 47.0 Å². The van der Waals surface area contributed by atoms with Crippen molar-refractivity contribution in [2.45, 2.75) is 23.8 Å². The molecule has 1 aromatic heterocycles. The zero-order valence-electron chi connectivity index (χ0n) is 18.9. The molecule has 1 saturated heterocycles. The molecule has 0 spiro atoms. The molecule has 0 bridgehead atoms. The lowest BCUT2D eigenvalue weighted by atomic mass is 10.1. The molecule has 33 heavy (non-hydrogen) atoms. The molecule has 174 valence electrons. The summed E-state index contributed by atoms with van der Waals surface area (Å²) in [7, 11) is 1.66. The van der Waals surface area contributed by atoms with E-state index in [1.165, 1.54) is 28.7 Å². The lowest BCUT2D eigenvalue weighted by Gasteiger charge is -2.38. The molecule has 4 rings (SSSR count). The molecule has 0 radical (unpaired) electrons. The van der Waals surface area contributed by atoms with E-state index in [4.69, 9.17) is 4.74 Å². The number of piperazine rings is 1. The van der Waals surface area contributed by atoms with E-state index in [1.54, 1.807) is 7.11 Å². The van der Waals surface area contributed by atoms with E-state index in [9.17, 15) is 4.79 Å². The number of methoxy groups -OCH3 is 1. The molecule has 7 nitrogen and oxygen atoms in total. The highest BCUT2D eigenvalue weighted by Gasteiger charge is 2.24. The molecule has 0 saturated carbocycles. The molecule has 9 heteroatoms. The molecule has 1 unspecified atom stereocenters. The van der Waals surface area contributed by atoms with Gasteiger partial charge >= 0.3 is 0 Å². The van der Waals surface area contributed by atoms with Gasteiger partial charge in [-0.2, -0.15) is 0 Å². The van der Waals surface area contributed by atoms with Crippen LogP contribution in [0.5, 0.6) is 5.75 Å². The Balaban J connectivity index is 1.19. The number of ether oxygens (including phenoxy) is 1. The van der Waals surface area contributed by atoms with Crippen LogP contribution >= 0.6 is 23.1 Å². The second kappa shape index (κ2) is 11.5. The summed E-state index contributed by atoms with van der Waals surface area (Å²) in [6.07, 6.45) is 0. The SMILES string of the molecule is COc1ccc(CNc2nnc(SCC(=O)N3CCN(C(C)c4ccccc4)CC3)s2)cc1. The largest absolute Gasteiger partial charge is 0.497 e. The Morgan fingerprint density at radius 2 is 1.82 bits per heavy atom. The Labute approximate surface area is 203 Å². The highest BCUT2D eigenvalue weighted by molar-refractivity contribution is 8.01. The van der Waals surface area contributed by atoms with E-state index in [-0.39, 0.29) is 5.91 Å². The third kappa shape index (κ3) is 6.46. The van der Waals surface area contributed by atoms with Gasteiger partial charge in [0.25, 0.3) is 0 Å².